The number of Topliss-reactive ketones (excluding diaryl/α,β-unsaturated/α-hetero) is 2. The van der Waals surface area contributed by atoms with Gasteiger partial charge in [-0.15, -0.1) is 0 Å². The third kappa shape index (κ3) is 2.46. The van der Waals surface area contributed by atoms with Gasteiger partial charge in [-0.2, -0.15) is 0 Å². The van der Waals surface area contributed by atoms with Crippen molar-refractivity contribution in [2.45, 2.75) is 6.42 Å². The fourth-order valence-electron chi connectivity index (χ4n) is 2.60. The molecule has 0 aliphatic heterocycles. The molecule has 0 heterocycles. The van der Waals surface area contributed by atoms with Gasteiger partial charge in [-0.3, -0.25) is 9.59 Å². The van der Waals surface area contributed by atoms with Crippen LogP contribution in [-0.4, -0.2) is 11.6 Å². The SMILES string of the molecule is O=C(C1=CC2C=CC=CC(C1)C2=O)c1ccc(Br)cc1. The van der Waals surface area contributed by atoms with Gasteiger partial charge >= 0.3 is 0 Å². The molecule has 0 fully saturated rings. The number of ketones is 2. The van der Waals surface area contributed by atoms with Crippen LogP contribution >= 0.6 is 15.9 Å². The summed E-state index contributed by atoms with van der Waals surface area (Å²) in [5, 5.41) is 0. The summed E-state index contributed by atoms with van der Waals surface area (Å²) in [4.78, 5) is 24.6. The first-order valence-corrected chi connectivity index (χ1v) is 7.34. The Bertz CT molecular complexity index is 650. The van der Waals surface area contributed by atoms with Crippen LogP contribution in [0, 0.1) is 11.8 Å². The number of halogens is 1. The second kappa shape index (κ2) is 5.33. The standard InChI is InChI=1S/C17H13BrO2/c18-15-7-5-11(6-8-15)16(19)14-9-12-3-1-2-4-13(10-14)17(12)20/h1-9,12-13H,10H2. The fraction of sp³-hybridized carbons (Fsp3) is 0.176. The molecule has 0 spiro atoms. The van der Waals surface area contributed by atoms with E-state index in [0.29, 0.717) is 12.0 Å². The maximum atomic E-state index is 12.5. The van der Waals surface area contributed by atoms with Crippen molar-refractivity contribution in [3.63, 3.8) is 0 Å². The van der Waals surface area contributed by atoms with Crippen LogP contribution in [0.4, 0.5) is 0 Å². The molecule has 0 saturated heterocycles. The first-order valence-electron chi connectivity index (χ1n) is 6.55. The molecule has 2 unspecified atom stereocenters. The first-order chi connectivity index (χ1) is 9.65. The number of fused-ring (bicyclic) bond motifs is 2. The van der Waals surface area contributed by atoms with E-state index in [1.54, 1.807) is 12.1 Å². The average molecular weight is 329 g/mol. The van der Waals surface area contributed by atoms with E-state index in [4.69, 9.17) is 0 Å². The summed E-state index contributed by atoms with van der Waals surface area (Å²) in [7, 11) is 0. The summed E-state index contributed by atoms with van der Waals surface area (Å²) >= 11 is 3.36. The van der Waals surface area contributed by atoms with Gasteiger partial charge in [0.2, 0.25) is 0 Å². The lowest BCUT2D eigenvalue weighted by Gasteiger charge is -2.22. The van der Waals surface area contributed by atoms with Crippen LogP contribution < -0.4 is 0 Å². The summed E-state index contributed by atoms with van der Waals surface area (Å²) in [6.45, 7) is 0. The van der Waals surface area contributed by atoms with Crippen molar-refractivity contribution in [2.75, 3.05) is 0 Å². The Morgan fingerprint density at radius 3 is 2.55 bits per heavy atom. The third-order valence-corrected chi connectivity index (χ3v) is 4.21. The van der Waals surface area contributed by atoms with Crippen molar-refractivity contribution < 1.29 is 9.59 Å². The number of rotatable bonds is 2. The highest BCUT2D eigenvalue weighted by Gasteiger charge is 2.31. The summed E-state index contributed by atoms with van der Waals surface area (Å²) < 4.78 is 0.946. The Morgan fingerprint density at radius 1 is 1.10 bits per heavy atom. The van der Waals surface area contributed by atoms with Gasteiger partial charge in [-0.1, -0.05) is 46.3 Å². The zero-order valence-electron chi connectivity index (χ0n) is 10.8. The lowest BCUT2D eigenvalue weighted by Crippen LogP contribution is -2.26. The second-order valence-electron chi connectivity index (χ2n) is 5.04. The molecule has 2 aliphatic rings. The maximum Gasteiger partial charge on any atom is 0.188 e. The zero-order valence-corrected chi connectivity index (χ0v) is 12.3. The van der Waals surface area contributed by atoms with Crippen molar-refractivity contribution >= 4 is 27.5 Å². The van der Waals surface area contributed by atoms with E-state index in [1.807, 2.05) is 42.5 Å². The molecule has 20 heavy (non-hydrogen) atoms. The highest BCUT2D eigenvalue weighted by Crippen LogP contribution is 2.31. The number of allylic oxidation sites excluding steroid dienone is 6. The van der Waals surface area contributed by atoms with Gasteiger partial charge in [-0.05, 0) is 36.3 Å². The topological polar surface area (TPSA) is 34.1 Å². The van der Waals surface area contributed by atoms with Gasteiger partial charge in [0.1, 0.15) is 0 Å². The Labute approximate surface area is 126 Å². The Kier molecular flexibility index (Phi) is 3.53. The van der Waals surface area contributed by atoms with Crippen LogP contribution in [-0.2, 0) is 4.79 Å². The summed E-state index contributed by atoms with van der Waals surface area (Å²) in [6, 6.07) is 7.32. The van der Waals surface area contributed by atoms with E-state index in [2.05, 4.69) is 15.9 Å². The lowest BCUT2D eigenvalue weighted by atomic mass is 9.79. The fourth-order valence-corrected chi connectivity index (χ4v) is 2.87. The highest BCUT2D eigenvalue weighted by atomic mass is 79.9. The Balaban J connectivity index is 1.93. The van der Waals surface area contributed by atoms with E-state index in [0.717, 1.165) is 10.0 Å². The molecule has 3 heteroatoms. The molecule has 1 aromatic carbocycles. The molecule has 0 amide bonds. The lowest BCUT2D eigenvalue weighted by molar-refractivity contribution is -0.123. The minimum Gasteiger partial charge on any atom is -0.298 e. The van der Waals surface area contributed by atoms with Crippen molar-refractivity contribution in [1.82, 2.24) is 0 Å². The van der Waals surface area contributed by atoms with E-state index in [9.17, 15) is 9.59 Å². The number of benzene rings is 1. The predicted molar refractivity (Wildman–Crippen MR) is 81.4 cm³/mol. The van der Waals surface area contributed by atoms with Gasteiger partial charge < -0.3 is 0 Å². The zero-order chi connectivity index (χ0) is 14.1. The van der Waals surface area contributed by atoms with Crippen molar-refractivity contribution in [2.24, 2.45) is 11.8 Å². The summed E-state index contributed by atoms with van der Waals surface area (Å²) in [5.74, 6) is -0.237. The second-order valence-corrected chi connectivity index (χ2v) is 5.95. The Hall–Kier alpha value is -1.74. The van der Waals surface area contributed by atoms with Crippen molar-refractivity contribution in [3.05, 3.63) is 70.3 Å². The van der Waals surface area contributed by atoms with E-state index >= 15 is 0 Å². The van der Waals surface area contributed by atoms with Gasteiger partial charge in [-0.25, -0.2) is 0 Å². The number of carbonyl (C=O) groups excluding carboxylic acids is 2. The highest BCUT2D eigenvalue weighted by molar-refractivity contribution is 9.10. The predicted octanol–water partition coefficient (Wildman–Crippen LogP) is 3.89. The van der Waals surface area contributed by atoms with Crippen LogP contribution in [0.15, 0.2) is 64.7 Å². The normalized spacial score (nSPS) is 24.2. The largest absolute Gasteiger partial charge is 0.298 e. The molecule has 2 aliphatic carbocycles. The average Bonchev–Trinajstić information content (AvgIpc) is 2.57. The van der Waals surface area contributed by atoms with E-state index < -0.39 is 0 Å². The van der Waals surface area contributed by atoms with Gasteiger partial charge in [0, 0.05) is 16.0 Å². The summed E-state index contributed by atoms with van der Waals surface area (Å²) in [6.07, 6.45) is 9.83. The van der Waals surface area contributed by atoms with Crippen LogP contribution in [0.3, 0.4) is 0 Å². The van der Waals surface area contributed by atoms with Crippen molar-refractivity contribution in [1.29, 1.82) is 0 Å². The monoisotopic (exact) mass is 328 g/mol. The quantitative estimate of drug-likeness (QED) is 0.772. The van der Waals surface area contributed by atoms with E-state index in [-0.39, 0.29) is 23.4 Å². The molecule has 2 bridgehead atoms. The summed E-state index contributed by atoms with van der Waals surface area (Å²) in [5.41, 5.74) is 1.40. The minimum absolute atomic E-state index is 0.0173. The van der Waals surface area contributed by atoms with Crippen LogP contribution in [0.1, 0.15) is 16.8 Å². The smallest absolute Gasteiger partial charge is 0.188 e. The molecule has 3 rings (SSSR count). The first kappa shape index (κ1) is 13.3. The molecule has 0 N–H and O–H groups in total. The minimum atomic E-state index is -0.266. The molecular formula is C17H13BrO2. The molecule has 2 nitrogen and oxygen atoms in total. The molecule has 0 radical (unpaired) electrons. The molecule has 0 saturated carbocycles. The Morgan fingerprint density at radius 2 is 1.80 bits per heavy atom. The number of hydrogen-bond acceptors (Lipinski definition) is 2. The van der Waals surface area contributed by atoms with E-state index in [1.165, 1.54) is 0 Å². The molecule has 2 atom stereocenters. The van der Waals surface area contributed by atoms with Gasteiger partial charge in [0.25, 0.3) is 0 Å². The number of hydrogen-bond donors (Lipinski definition) is 0. The molecule has 100 valence electrons. The molecule has 0 aromatic heterocycles. The molecule has 1 aromatic rings. The van der Waals surface area contributed by atoms with Gasteiger partial charge in [0.15, 0.2) is 11.6 Å². The maximum absolute atomic E-state index is 12.5. The molecular weight excluding hydrogens is 316 g/mol. The van der Waals surface area contributed by atoms with Crippen LogP contribution in [0.25, 0.3) is 0 Å². The van der Waals surface area contributed by atoms with Crippen LogP contribution in [0.2, 0.25) is 0 Å². The van der Waals surface area contributed by atoms with Crippen molar-refractivity contribution in [3.8, 4) is 0 Å². The third-order valence-electron chi connectivity index (χ3n) is 3.69. The number of carbonyl (C=O) groups is 2. The van der Waals surface area contributed by atoms with Crippen LogP contribution in [0.5, 0.6) is 0 Å². The van der Waals surface area contributed by atoms with Gasteiger partial charge in [0.05, 0.1) is 5.92 Å².